The number of aliphatic imine (C=N–C) groups is 1. The molecule has 0 heterocycles. The second kappa shape index (κ2) is 11.4. The minimum Gasteiger partial charge on any atom is -0.367 e. The van der Waals surface area contributed by atoms with E-state index in [9.17, 15) is 18.0 Å². The molecule has 0 spiro atoms. The molecule has 2 aromatic rings. The molecule has 1 amide bonds. The summed E-state index contributed by atoms with van der Waals surface area (Å²) in [5.41, 5.74) is 3.26. The maximum absolute atomic E-state index is 12.1. The molecule has 0 aromatic heterocycles. The maximum Gasteiger partial charge on any atom is 0.411 e. The summed E-state index contributed by atoms with van der Waals surface area (Å²) in [6.45, 7) is -0.312. The molecule has 0 aliphatic heterocycles. The predicted octanol–water partition coefficient (Wildman–Crippen LogP) is 3.33. The van der Waals surface area contributed by atoms with Crippen molar-refractivity contribution < 1.29 is 22.7 Å². The van der Waals surface area contributed by atoms with Gasteiger partial charge in [-0.2, -0.15) is 13.2 Å². The van der Waals surface area contributed by atoms with Gasteiger partial charge < -0.3 is 20.3 Å². The number of guanidine groups is 1. The lowest BCUT2D eigenvalue weighted by atomic mass is 10.1. The molecule has 0 bridgehead atoms. The van der Waals surface area contributed by atoms with Crippen molar-refractivity contribution in [3.05, 3.63) is 70.8 Å². The number of carbonyl (C=O) groups excluding carboxylic acids is 1. The van der Waals surface area contributed by atoms with Crippen molar-refractivity contribution in [2.45, 2.75) is 25.9 Å². The molecule has 0 unspecified atom stereocenters. The van der Waals surface area contributed by atoms with Crippen LogP contribution in [0.1, 0.15) is 27.0 Å². The van der Waals surface area contributed by atoms with E-state index in [0.717, 1.165) is 11.1 Å². The van der Waals surface area contributed by atoms with Gasteiger partial charge in [-0.3, -0.25) is 9.79 Å². The van der Waals surface area contributed by atoms with E-state index in [1.807, 2.05) is 24.3 Å². The van der Waals surface area contributed by atoms with Crippen LogP contribution in [0.3, 0.4) is 0 Å². The van der Waals surface area contributed by atoms with Gasteiger partial charge in [0.1, 0.15) is 6.61 Å². The van der Waals surface area contributed by atoms with Gasteiger partial charge in [-0.05, 0) is 28.8 Å². The van der Waals surface area contributed by atoms with E-state index in [4.69, 9.17) is 0 Å². The first-order valence-corrected chi connectivity index (χ1v) is 9.65. The van der Waals surface area contributed by atoms with Crippen LogP contribution in [0.25, 0.3) is 0 Å². The molecule has 9 heteroatoms. The van der Waals surface area contributed by atoms with Gasteiger partial charge in [0.25, 0.3) is 5.91 Å². The first-order valence-electron chi connectivity index (χ1n) is 9.65. The minimum absolute atomic E-state index is 0.0464. The number of carbonyl (C=O) groups is 1. The summed E-state index contributed by atoms with van der Waals surface area (Å²) in [6.07, 6.45) is -4.32. The standard InChI is InChI=1S/C22H27F3N4O2/c1-26-21(28-13-17-8-10-19(11-9-17)20(30)29(2)3)27-12-16-4-6-18(7-5-16)14-31-15-22(23,24)25/h4-11H,12-15H2,1-3H3,(H2,26,27,28). The van der Waals surface area contributed by atoms with E-state index >= 15 is 0 Å². The van der Waals surface area contributed by atoms with Crippen molar-refractivity contribution in [3.63, 3.8) is 0 Å². The molecular weight excluding hydrogens is 409 g/mol. The van der Waals surface area contributed by atoms with Crippen LogP contribution >= 0.6 is 0 Å². The fraction of sp³-hybridized carbons (Fsp3) is 0.364. The Hall–Kier alpha value is -3.07. The Labute approximate surface area is 180 Å². The number of halogens is 3. The lowest BCUT2D eigenvalue weighted by molar-refractivity contribution is -0.176. The average molecular weight is 436 g/mol. The molecule has 0 fully saturated rings. The number of hydrogen-bond acceptors (Lipinski definition) is 3. The van der Waals surface area contributed by atoms with Crippen LogP contribution in [0.4, 0.5) is 13.2 Å². The van der Waals surface area contributed by atoms with Gasteiger partial charge in [0.15, 0.2) is 5.96 Å². The summed E-state index contributed by atoms with van der Waals surface area (Å²) in [4.78, 5) is 17.6. The van der Waals surface area contributed by atoms with Gasteiger partial charge in [-0.25, -0.2) is 0 Å². The van der Waals surface area contributed by atoms with Crippen molar-refractivity contribution in [1.29, 1.82) is 0 Å². The largest absolute Gasteiger partial charge is 0.411 e. The summed E-state index contributed by atoms with van der Waals surface area (Å²) in [5, 5.41) is 6.38. The van der Waals surface area contributed by atoms with Crippen molar-refractivity contribution >= 4 is 11.9 Å². The lowest BCUT2D eigenvalue weighted by Gasteiger charge is -2.13. The van der Waals surface area contributed by atoms with Crippen LogP contribution in [-0.4, -0.2) is 50.7 Å². The number of benzene rings is 2. The highest BCUT2D eigenvalue weighted by molar-refractivity contribution is 5.93. The van der Waals surface area contributed by atoms with Crippen LogP contribution in [0.2, 0.25) is 0 Å². The Balaban J connectivity index is 1.78. The molecule has 0 aliphatic rings. The molecule has 2 rings (SSSR count). The van der Waals surface area contributed by atoms with Crippen molar-refractivity contribution in [2.24, 2.45) is 4.99 Å². The molecule has 168 valence electrons. The molecule has 2 aromatic carbocycles. The van der Waals surface area contributed by atoms with Gasteiger partial charge in [0.2, 0.25) is 0 Å². The van der Waals surface area contributed by atoms with E-state index in [1.54, 1.807) is 45.4 Å². The first-order chi connectivity index (χ1) is 14.7. The quantitative estimate of drug-likeness (QED) is 0.492. The third kappa shape index (κ3) is 8.67. The smallest absolute Gasteiger partial charge is 0.367 e. The number of alkyl halides is 3. The fourth-order valence-corrected chi connectivity index (χ4v) is 2.65. The van der Waals surface area contributed by atoms with Gasteiger partial charge in [0, 0.05) is 39.8 Å². The van der Waals surface area contributed by atoms with Crippen molar-refractivity contribution in [3.8, 4) is 0 Å². The van der Waals surface area contributed by atoms with Crippen molar-refractivity contribution in [1.82, 2.24) is 15.5 Å². The molecule has 0 saturated heterocycles. The molecular formula is C22H27F3N4O2. The SMILES string of the molecule is CN=C(NCc1ccc(COCC(F)(F)F)cc1)NCc1ccc(C(=O)N(C)C)cc1. The highest BCUT2D eigenvalue weighted by Gasteiger charge is 2.27. The van der Waals surface area contributed by atoms with Crippen LogP contribution in [0.15, 0.2) is 53.5 Å². The first kappa shape index (κ1) is 24.2. The van der Waals surface area contributed by atoms with E-state index in [2.05, 4.69) is 20.4 Å². The lowest BCUT2D eigenvalue weighted by Crippen LogP contribution is -2.36. The molecule has 6 nitrogen and oxygen atoms in total. The predicted molar refractivity (Wildman–Crippen MR) is 114 cm³/mol. The molecule has 31 heavy (non-hydrogen) atoms. The average Bonchev–Trinajstić information content (AvgIpc) is 2.74. The Morgan fingerprint density at radius 2 is 1.42 bits per heavy atom. The maximum atomic E-state index is 12.1. The number of nitrogens with one attached hydrogen (secondary N) is 2. The Morgan fingerprint density at radius 1 is 0.935 bits per heavy atom. The number of amides is 1. The van der Waals surface area contributed by atoms with Crippen LogP contribution in [0, 0.1) is 0 Å². The zero-order valence-corrected chi connectivity index (χ0v) is 17.8. The van der Waals surface area contributed by atoms with E-state index < -0.39 is 12.8 Å². The number of nitrogens with zero attached hydrogens (tertiary/aromatic N) is 2. The number of rotatable bonds is 8. The summed E-state index contributed by atoms with van der Waals surface area (Å²) >= 11 is 0. The molecule has 0 saturated carbocycles. The number of hydrogen-bond donors (Lipinski definition) is 2. The van der Waals surface area contributed by atoms with Gasteiger partial charge in [-0.1, -0.05) is 36.4 Å². The number of ether oxygens (including phenoxy) is 1. The summed E-state index contributed by atoms with van der Waals surface area (Å²) in [7, 11) is 5.08. The Kier molecular flexibility index (Phi) is 8.87. The third-order valence-electron chi connectivity index (χ3n) is 4.31. The van der Waals surface area contributed by atoms with Crippen LogP contribution in [0.5, 0.6) is 0 Å². The van der Waals surface area contributed by atoms with E-state index in [1.165, 1.54) is 4.90 Å². The van der Waals surface area contributed by atoms with Crippen molar-refractivity contribution in [2.75, 3.05) is 27.7 Å². The Bertz CT molecular complexity index is 864. The molecule has 0 radical (unpaired) electrons. The van der Waals surface area contributed by atoms with Crippen LogP contribution in [-0.2, 0) is 24.4 Å². The normalized spacial score (nSPS) is 11.9. The van der Waals surface area contributed by atoms with E-state index in [0.29, 0.717) is 30.2 Å². The van der Waals surface area contributed by atoms with Gasteiger partial charge in [-0.15, -0.1) is 0 Å². The summed E-state index contributed by atoms with van der Waals surface area (Å²) in [5.74, 6) is 0.556. The monoisotopic (exact) mass is 436 g/mol. The summed E-state index contributed by atoms with van der Waals surface area (Å²) < 4.78 is 41.0. The second-order valence-corrected chi connectivity index (χ2v) is 7.10. The van der Waals surface area contributed by atoms with Gasteiger partial charge >= 0.3 is 6.18 Å². The zero-order valence-electron chi connectivity index (χ0n) is 17.8. The molecule has 0 atom stereocenters. The molecule has 2 N–H and O–H groups in total. The minimum atomic E-state index is -4.32. The Morgan fingerprint density at radius 3 is 1.87 bits per heavy atom. The highest BCUT2D eigenvalue weighted by atomic mass is 19.4. The van der Waals surface area contributed by atoms with Crippen LogP contribution < -0.4 is 10.6 Å². The fourth-order valence-electron chi connectivity index (χ4n) is 2.65. The topological polar surface area (TPSA) is 66.0 Å². The zero-order chi connectivity index (χ0) is 22.9. The second-order valence-electron chi connectivity index (χ2n) is 7.10. The summed E-state index contributed by atoms with van der Waals surface area (Å²) in [6, 6.07) is 14.5. The highest BCUT2D eigenvalue weighted by Crippen LogP contribution is 2.16. The van der Waals surface area contributed by atoms with E-state index in [-0.39, 0.29) is 12.5 Å². The van der Waals surface area contributed by atoms with Gasteiger partial charge in [0.05, 0.1) is 6.61 Å². The molecule has 0 aliphatic carbocycles. The third-order valence-corrected chi connectivity index (χ3v) is 4.31.